The fourth-order valence-corrected chi connectivity index (χ4v) is 3.73. The van der Waals surface area contributed by atoms with E-state index in [0.717, 1.165) is 30.0 Å². The lowest BCUT2D eigenvalue weighted by Crippen LogP contribution is -2.20. The lowest BCUT2D eigenvalue weighted by molar-refractivity contribution is -0.137. The molecule has 0 atom stereocenters. The van der Waals surface area contributed by atoms with Gasteiger partial charge in [-0.1, -0.05) is 41.4 Å². The maximum atomic E-state index is 13.7. The summed E-state index contributed by atoms with van der Waals surface area (Å²) in [5.74, 6) is -0.139. The molecule has 3 nitrogen and oxygen atoms in total. The molecule has 1 N–H and O–H groups in total. The first-order valence-electron chi connectivity index (χ1n) is 10.1. The van der Waals surface area contributed by atoms with Gasteiger partial charge in [-0.15, -0.1) is 0 Å². The van der Waals surface area contributed by atoms with Gasteiger partial charge in [0.1, 0.15) is 5.84 Å². The third-order valence-electron chi connectivity index (χ3n) is 4.92. The predicted molar refractivity (Wildman–Crippen MR) is 128 cm³/mol. The molecule has 0 spiro atoms. The van der Waals surface area contributed by atoms with Gasteiger partial charge in [-0.05, 0) is 48.0 Å². The number of amidine groups is 1. The number of benzene rings is 3. The highest BCUT2D eigenvalue weighted by Gasteiger charge is 2.35. The number of hydrogen-bond acceptors (Lipinski definition) is 2. The van der Waals surface area contributed by atoms with Crippen LogP contribution in [0.1, 0.15) is 16.7 Å². The summed E-state index contributed by atoms with van der Waals surface area (Å²) >= 11 is 11.5. The van der Waals surface area contributed by atoms with Crippen LogP contribution in [0.2, 0.25) is 10.0 Å². The van der Waals surface area contributed by atoms with Crippen molar-refractivity contribution in [2.24, 2.45) is 4.99 Å². The van der Waals surface area contributed by atoms with E-state index in [9.17, 15) is 26.3 Å². The van der Waals surface area contributed by atoms with Crippen molar-refractivity contribution >= 4 is 46.1 Å². The van der Waals surface area contributed by atoms with Gasteiger partial charge in [0.2, 0.25) is 0 Å². The molecule has 0 unspecified atom stereocenters. The van der Waals surface area contributed by atoms with Crippen molar-refractivity contribution in [1.82, 2.24) is 0 Å². The van der Waals surface area contributed by atoms with Gasteiger partial charge in [0.25, 0.3) is 0 Å². The van der Waals surface area contributed by atoms with Crippen LogP contribution >= 0.6 is 23.2 Å². The van der Waals surface area contributed by atoms with Gasteiger partial charge in [0.05, 0.1) is 22.5 Å². The second-order valence-corrected chi connectivity index (χ2v) is 8.60. The Balaban J connectivity index is 2.18. The molecule has 3 rings (SSSR count). The Morgan fingerprint density at radius 3 is 2.00 bits per heavy atom. The maximum absolute atomic E-state index is 13.7. The number of nitrogens with zero attached hydrogens (tertiary/aromatic N) is 2. The highest BCUT2D eigenvalue weighted by molar-refractivity contribution is 6.31. The Bertz CT molecular complexity index is 1240. The standard InChI is InChI=1S/C24H19Cl2F6N3/c1-35(2)21-6-4-3-5-14(21)11-22(33-19-9-7-15(25)12-17(19)23(27,28)29)34-20-10-8-16(26)13-18(20)24(30,31)32/h3-10,12-13H,11H2,1-2H3,(H,33,34). The van der Waals surface area contributed by atoms with Crippen molar-refractivity contribution in [3.8, 4) is 0 Å². The molecule has 0 radical (unpaired) electrons. The van der Waals surface area contributed by atoms with Gasteiger partial charge < -0.3 is 10.2 Å². The van der Waals surface area contributed by atoms with Crippen molar-refractivity contribution in [2.45, 2.75) is 18.8 Å². The molecule has 0 saturated heterocycles. The summed E-state index contributed by atoms with van der Waals surface area (Å²) < 4.78 is 81.9. The summed E-state index contributed by atoms with van der Waals surface area (Å²) in [6, 6.07) is 13.1. The molecule has 3 aromatic carbocycles. The molecule has 186 valence electrons. The van der Waals surface area contributed by atoms with Crippen LogP contribution in [0.3, 0.4) is 0 Å². The highest BCUT2D eigenvalue weighted by atomic mass is 35.5. The van der Waals surface area contributed by atoms with Crippen molar-refractivity contribution in [2.75, 3.05) is 24.3 Å². The van der Waals surface area contributed by atoms with E-state index >= 15 is 0 Å². The first-order valence-corrected chi connectivity index (χ1v) is 10.8. The first kappa shape index (κ1) is 26.7. The summed E-state index contributed by atoms with van der Waals surface area (Å²) in [5, 5.41) is 2.30. The van der Waals surface area contributed by atoms with E-state index < -0.39 is 34.9 Å². The van der Waals surface area contributed by atoms with Crippen LogP contribution in [0.4, 0.5) is 43.4 Å². The Hall–Kier alpha value is -2.91. The molecule has 0 aromatic heterocycles. The zero-order valence-electron chi connectivity index (χ0n) is 18.4. The Kier molecular flexibility index (Phi) is 7.91. The number of alkyl halides is 6. The van der Waals surface area contributed by atoms with Crippen LogP contribution in [0.5, 0.6) is 0 Å². The molecule has 3 aromatic rings. The van der Waals surface area contributed by atoms with E-state index in [1.165, 1.54) is 12.1 Å². The summed E-state index contributed by atoms with van der Waals surface area (Å²) in [6.45, 7) is 0. The monoisotopic (exact) mass is 533 g/mol. The quantitative estimate of drug-likeness (QED) is 0.202. The molecule has 0 bridgehead atoms. The van der Waals surface area contributed by atoms with Crippen LogP contribution < -0.4 is 10.2 Å². The van der Waals surface area contributed by atoms with Crippen LogP contribution in [-0.2, 0) is 18.8 Å². The van der Waals surface area contributed by atoms with Crippen molar-refractivity contribution in [3.05, 3.63) is 87.4 Å². The Morgan fingerprint density at radius 1 is 0.829 bits per heavy atom. The highest BCUT2D eigenvalue weighted by Crippen LogP contribution is 2.39. The number of para-hydroxylation sites is 1. The van der Waals surface area contributed by atoms with E-state index in [0.29, 0.717) is 5.56 Å². The average Bonchev–Trinajstić information content (AvgIpc) is 2.75. The van der Waals surface area contributed by atoms with Gasteiger partial charge >= 0.3 is 12.4 Å². The van der Waals surface area contributed by atoms with E-state index in [1.807, 2.05) is 0 Å². The molecule has 11 heteroatoms. The molecule has 0 aliphatic heterocycles. The fraction of sp³-hybridized carbons (Fsp3) is 0.208. The number of halogens is 8. The van der Waals surface area contributed by atoms with E-state index in [1.54, 1.807) is 43.3 Å². The smallest absolute Gasteiger partial charge is 0.377 e. The molecule has 0 fully saturated rings. The minimum Gasteiger partial charge on any atom is -0.377 e. The van der Waals surface area contributed by atoms with Crippen molar-refractivity contribution < 1.29 is 26.3 Å². The molecule has 0 heterocycles. The molecule has 0 saturated carbocycles. The molecule has 0 aliphatic rings. The predicted octanol–water partition coefficient (Wildman–Crippen LogP) is 8.48. The zero-order valence-corrected chi connectivity index (χ0v) is 19.9. The Labute approximate surface area is 208 Å². The topological polar surface area (TPSA) is 27.6 Å². The maximum Gasteiger partial charge on any atom is 0.418 e. The van der Waals surface area contributed by atoms with Gasteiger partial charge in [-0.2, -0.15) is 26.3 Å². The first-order chi connectivity index (χ1) is 16.3. The van der Waals surface area contributed by atoms with E-state index in [-0.39, 0.29) is 22.3 Å². The molecule has 0 aliphatic carbocycles. The minimum atomic E-state index is -4.78. The normalized spacial score (nSPS) is 12.6. The molecular weight excluding hydrogens is 515 g/mol. The minimum absolute atomic E-state index is 0.0891. The van der Waals surface area contributed by atoms with Crippen LogP contribution in [-0.4, -0.2) is 19.9 Å². The third-order valence-corrected chi connectivity index (χ3v) is 5.39. The Morgan fingerprint density at radius 2 is 1.40 bits per heavy atom. The van der Waals surface area contributed by atoms with Gasteiger partial charge in [0, 0.05) is 36.2 Å². The largest absolute Gasteiger partial charge is 0.418 e. The van der Waals surface area contributed by atoms with Crippen LogP contribution in [0.15, 0.2) is 65.7 Å². The molecule has 0 amide bonds. The third kappa shape index (κ3) is 6.82. The average molecular weight is 534 g/mol. The van der Waals surface area contributed by atoms with Crippen LogP contribution in [0, 0.1) is 0 Å². The second kappa shape index (κ2) is 10.4. The summed E-state index contributed by atoms with van der Waals surface area (Å²) in [7, 11) is 3.54. The number of anilines is 2. The number of hydrogen-bond donors (Lipinski definition) is 1. The number of nitrogens with one attached hydrogen (secondary N) is 1. The second-order valence-electron chi connectivity index (χ2n) is 7.73. The van der Waals surface area contributed by atoms with Crippen LogP contribution in [0.25, 0.3) is 0 Å². The van der Waals surface area contributed by atoms with Crippen molar-refractivity contribution in [3.63, 3.8) is 0 Å². The van der Waals surface area contributed by atoms with E-state index in [4.69, 9.17) is 23.2 Å². The van der Waals surface area contributed by atoms with Gasteiger partial charge in [0.15, 0.2) is 0 Å². The lowest BCUT2D eigenvalue weighted by Gasteiger charge is -2.20. The number of aliphatic imine (C=N–C) groups is 1. The summed E-state index contributed by atoms with van der Waals surface area (Å²) in [6.07, 6.45) is -9.64. The summed E-state index contributed by atoms with van der Waals surface area (Å²) in [4.78, 5) is 5.89. The number of rotatable bonds is 5. The molecular formula is C24H19Cl2F6N3. The molecule has 35 heavy (non-hydrogen) atoms. The summed E-state index contributed by atoms with van der Waals surface area (Å²) in [5.41, 5.74) is -1.72. The van der Waals surface area contributed by atoms with Gasteiger partial charge in [-0.25, -0.2) is 4.99 Å². The van der Waals surface area contributed by atoms with E-state index in [2.05, 4.69) is 10.3 Å². The lowest BCUT2D eigenvalue weighted by atomic mass is 10.1. The zero-order chi connectivity index (χ0) is 26.0. The SMILES string of the molecule is CN(C)c1ccccc1CC(=Nc1ccc(Cl)cc1C(F)(F)F)Nc1ccc(Cl)cc1C(F)(F)F. The van der Waals surface area contributed by atoms with Crippen molar-refractivity contribution in [1.29, 1.82) is 0 Å². The van der Waals surface area contributed by atoms with Gasteiger partial charge in [-0.3, -0.25) is 0 Å². The fourth-order valence-electron chi connectivity index (χ4n) is 3.38.